The van der Waals surface area contributed by atoms with Crippen molar-refractivity contribution < 1.29 is 0 Å². The Morgan fingerprint density at radius 2 is 1.14 bits per heavy atom. The zero-order chi connectivity index (χ0) is 20.3. The van der Waals surface area contributed by atoms with Gasteiger partial charge in [-0.25, -0.2) is 0 Å². The van der Waals surface area contributed by atoms with Crippen LogP contribution >= 0.6 is 0 Å². The first kappa shape index (κ1) is 19.7. The first-order valence-electron chi connectivity index (χ1n) is 11.2. The van der Waals surface area contributed by atoms with Crippen molar-refractivity contribution in [1.29, 1.82) is 0 Å². The maximum Gasteiger partial charge on any atom is 0.0226 e. The molecule has 0 aliphatic rings. The van der Waals surface area contributed by atoms with Gasteiger partial charge in [-0.3, -0.25) is 0 Å². The van der Waals surface area contributed by atoms with Crippen molar-refractivity contribution in [2.45, 2.75) is 51.9 Å². The van der Waals surface area contributed by atoms with Crippen molar-refractivity contribution in [3.05, 3.63) is 96.1 Å². The largest absolute Gasteiger partial charge is 0.0654 e. The van der Waals surface area contributed by atoms with Gasteiger partial charge >= 0.3 is 0 Å². The molecule has 148 valence electrons. The van der Waals surface area contributed by atoms with Gasteiger partial charge in [0.15, 0.2) is 0 Å². The topological polar surface area (TPSA) is 0 Å². The molecule has 0 radical (unpaired) electrons. The molecule has 0 aliphatic carbocycles. The molecule has 0 spiro atoms. The lowest BCUT2D eigenvalue weighted by Crippen LogP contribution is -2.34. The predicted octanol–water partition coefficient (Wildman–Crippen LogP) is 8.52. The Balaban J connectivity index is 1.93. The molecule has 0 heterocycles. The van der Waals surface area contributed by atoms with Crippen LogP contribution in [0.4, 0.5) is 0 Å². The molecule has 1 atom stereocenters. The van der Waals surface area contributed by atoms with Crippen LogP contribution in [0.5, 0.6) is 0 Å². The normalized spacial score (nSPS) is 13.1. The molecule has 4 aromatic rings. The molecule has 0 saturated carbocycles. The Morgan fingerprint density at radius 1 is 0.655 bits per heavy atom. The van der Waals surface area contributed by atoms with E-state index in [-0.39, 0.29) is 5.41 Å². The van der Waals surface area contributed by atoms with Gasteiger partial charge in [-0.15, -0.1) is 0 Å². The summed E-state index contributed by atoms with van der Waals surface area (Å²) in [7, 11) is 0. The Bertz CT molecular complexity index is 1030. The van der Waals surface area contributed by atoms with E-state index in [4.69, 9.17) is 0 Å². The summed E-state index contributed by atoms with van der Waals surface area (Å²) in [5, 5.41) is 5.32. The SMILES string of the molecule is CCCCC(C)C(CC)(c1ccc2ccccc2c1)c1ccc2ccccc2c1. The van der Waals surface area contributed by atoms with Gasteiger partial charge < -0.3 is 0 Å². The standard InChI is InChI=1S/C29H32/c1-4-6-11-22(3)29(5-2,27-18-16-23-12-7-9-14-25(23)20-27)28-19-17-24-13-8-10-15-26(24)21-28/h7-10,12-22H,4-6,11H2,1-3H3. The minimum absolute atomic E-state index is 0.0310. The summed E-state index contributed by atoms with van der Waals surface area (Å²) in [5.41, 5.74) is 2.94. The second-order valence-electron chi connectivity index (χ2n) is 8.49. The van der Waals surface area contributed by atoms with Crippen molar-refractivity contribution >= 4 is 21.5 Å². The summed E-state index contributed by atoms with van der Waals surface area (Å²) in [6.45, 7) is 7.13. The first-order chi connectivity index (χ1) is 14.2. The highest BCUT2D eigenvalue weighted by atomic mass is 14.4. The lowest BCUT2D eigenvalue weighted by atomic mass is 9.63. The van der Waals surface area contributed by atoms with Crippen LogP contribution in [-0.4, -0.2) is 0 Å². The van der Waals surface area contributed by atoms with Crippen LogP contribution in [0, 0.1) is 5.92 Å². The molecule has 0 aliphatic heterocycles. The Morgan fingerprint density at radius 3 is 1.59 bits per heavy atom. The highest BCUT2D eigenvalue weighted by Gasteiger charge is 2.38. The third-order valence-corrected chi connectivity index (χ3v) is 6.92. The van der Waals surface area contributed by atoms with Gasteiger partial charge in [0.1, 0.15) is 0 Å². The lowest BCUT2D eigenvalue weighted by molar-refractivity contribution is 0.308. The molecule has 0 fully saturated rings. The molecular weight excluding hydrogens is 348 g/mol. The fourth-order valence-electron chi connectivity index (χ4n) is 5.18. The van der Waals surface area contributed by atoms with E-state index in [2.05, 4.69) is 106 Å². The van der Waals surface area contributed by atoms with Crippen molar-refractivity contribution in [1.82, 2.24) is 0 Å². The van der Waals surface area contributed by atoms with Gasteiger partial charge in [-0.1, -0.05) is 119 Å². The molecule has 0 saturated heterocycles. The van der Waals surface area contributed by atoms with Crippen LogP contribution in [0.1, 0.15) is 57.6 Å². The van der Waals surface area contributed by atoms with Crippen molar-refractivity contribution in [2.75, 3.05) is 0 Å². The van der Waals surface area contributed by atoms with E-state index in [1.165, 1.54) is 51.9 Å². The van der Waals surface area contributed by atoms with E-state index in [1.807, 2.05) is 0 Å². The molecule has 1 unspecified atom stereocenters. The highest BCUT2D eigenvalue weighted by Crippen LogP contribution is 2.45. The third-order valence-electron chi connectivity index (χ3n) is 6.92. The molecule has 0 amide bonds. The Kier molecular flexibility index (Phi) is 5.72. The van der Waals surface area contributed by atoms with Gasteiger partial charge in [-0.05, 0) is 51.4 Å². The first-order valence-corrected chi connectivity index (χ1v) is 11.2. The summed E-state index contributed by atoms with van der Waals surface area (Å²) in [6, 6.07) is 31.7. The summed E-state index contributed by atoms with van der Waals surface area (Å²) in [5.74, 6) is 0.578. The van der Waals surface area contributed by atoms with Crippen LogP contribution < -0.4 is 0 Å². The smallest absolute Gasteiger partial charge is 0.0226 e. The van der Waals surface area contributed by atoms with Crippen molar-refractivity contribution in [2.24, 2.45) is 5.92 Å². The quantitative estimate of drug-likeness (QED) is 0.301. The highest BCUT2D eigenvalue weighted by molar-refractivity contribution is 5.85. The molecule has 0 nitrogen and oxygen atoms in total. The number of benzene rings is 4. The van der Waals surface area contributed by atoms with Crippen molar-refractivity contribution in [3.8, 4) is 0 Å². The van der Waals surface area contributed by atoms with E-state index in [9.17, 15) is 0 Å². The zero-order valence-electron chi connectivity index (χ0n) is 18.0. The van der Waals surface area contributed by atoms with Crippen LogP contribution in [-0.2, 0) is 5.41 Å². The fraction of sp³-hybridized carbons (Fsp3) is 0.310. The molecule has 0 heteroatoms. The molecule has 0 bridgehead atoms. The molecular formula is C29H32. The number of hydrogen-bond donors (Lipinski definition) is 0. The maximum atomic E-state index is 2.46. The van der Waals surface area contributed by atoms with E-state index >= 15 is 0 Å². The molecule has 0 aromatic heterocycles. The lowest BCUT2D eigenvalue weighted by Gasteiger charge is -2.40. The van der Waals surface area contributed by atoms with Gasteiger partial charge in [0.05, 0.1) is 0 Å². The maximum absolute atomic E-state index is 2.46. The summed E-state index contributed by atoms with van der Waals surface area (Å²) >= 11 is 0. The zero-order valence-corrected chi connectivity index (χ0v) is 18.0. The summed E-state index contributed by atoms with van der Waals surface area (Å²) < 4.78 is 0. The van der Waals surface area contributed by atoms with Crippen LogP contribution in [0.3, 0.4) is 0 Å². The van der Waals surface area contributed by atoms with Gasteiger partial charge in [-0.2, -0.15) is 0 Å². The van der Waals surface area contributed by atoms with Crippen LogP contribution in [0.25, 0.3) is 21.5 Å². The van der Waals surface area contributed by atoms with Crippen LogP contribution in [0.15, 0.2) is 84.9 Å². The number of rotatable bonds is 7. The number of unbranched alkanes of at least 4 members (excludes halogenated alkanes) is 1. The average molecular weight is 381 g/mol. The van der Waals surface area contributed by atoms with E-state index < -0.39 is 0 Å². The third kappa shape index (κ3) is 3.57. The molecule has 4 rings (SSSR count). The van der Waals surface area contributed by atoms with Gasteiger partial charge in [0, 0.05) is 5.41 Å². The number of hydrogen-bond acceptors (Lipinski definition) is 0. The second kappa shape index (κ2) is 8.41. The second-order valence-corrected chi connectivity index (χ2v) is 8.49. The van der Waals surface area contributed by atoms with E-state index in [0.29, 0.717) is 5.92 Å². The van der Waals surface area contributed by atoms with Crippen molar-refractivity contribution in [3.63, 3.8) is 0 Å². The minimum Gasteiger partial charge on any atom is -0.0654 e. The monoisotopic (exact) mass is 380 g/mol. The average Bonchev–Trinajstić information content (AvgIpc) is 2.78. The fourth-order valence-corrected chi connectivity index (χ4v) is 5.18. The Hall–Kier alpha value is -2.60. The van der Waals surface area contributed by atoms with Gasteiger partial charge in [0.25, 0.3) is 0 Å². The number of fused-ring (bicyclic) bond motifs is 2. The Labute approximate surface area is 175 Å². The van der Waals surface area contributed by atoms with E-state index in [0.717, 1.165) is 6.42 Å². The van der Waals surface area contributed by atoms with Gasteiger partial charge in [0.2, 0.25) is 0 Å². The summed E-state index contributed by atoms with van der Waals surface area (Å²) in [4.78, 5) is 0. The van der Waals surface area contributed by atoms with E-state index in [1.54, 1.807) is 0 Å². The van der Waals surface area contributed by atoms with Crippen LogP contribution in [0.2, 0.25) is 0 Å². The molecule has 29 heavy (non-hydrogen) atoms. The minimum atomic E-state index is 0.0310. The summed E-state index contributed by atoms with van der Waals surface area (Å²) in [6.07, 6.45) is 4.89. The molecule has 4 aromatic carbocycles. The predicted molar refractivity (Wildman–Crippen MR) is 128 cm³/mol. The molecule has 0 N–H and O–H groups in total.